The van der Waals surface area contributed by atoms with Crippen molar-refractivity contribution in [3.63, 3.8) is 0 Å². The third-order valence-electron chi connectivity index (χ3n) is 5.84. The minimum absolute atomic E-state index is 0.175. The van der Waals surface area contributed by atoms with Gasteiger partial charge in [-0.15, -0.1) is 0 Å². The van der Waals surface area contributed by atoms with Gasteiger partial charge in [0.05, 0.1) is 23.0 Å². The smallest absolute Gasteiger partial charge is 0.293 e. The van der Waals surface area contributed by atoms with Gasteiger partial charge in [-0.1, -0.05) is 42.0 Å². The summed E-state index contributed by atoms with van der Waals surface area (Å²) in [5.74, 6) is 1.50. The van der Waals surface area contributed by atoms with Crippen LogP contribution in [-0.2, 0) is 11.4 Å². The van der Waals surface area contributed by atoms with E-state index in [4.69, 9.17) is 14.2 Å². The molecule has 0 saturated carbocycles. The highest BCUT2D eigenvalue weighted by atomic mass is 79.9. The Labute approximate surface area is 229 Å². The molecule has 6 nitrogen and oxygen atoms in total. The fraction of sp³-hybridized carbons (Fsp3) is 0.241. The van der Waals surface area contributed by atoms with Gasteiger partial charge in [0, 0.05) is 0 Å². The van der Waals surface area contributed by atoms with Crippen LogP contribution in [0.15, 0.2) is 64.0 Å². The number of carbonyl (C=O) groups excluding carboxylic acids is 2. The summed E-state index contributed by atoms with van der Waals surface area (Å²) in [5.41, 5.74) is 5.03. The van der Waals surface area contributed by atoms with Crippen LogP contribution in [0.2, 0.25) is 0 Å². The Morgan fingerprint density at radius 2 is 1.65 bits per heavy atom. The molecule has 37 heavy (non-hydrogen) atoms. The summed E-state index contributed by atoms with van der Waals surface area (Å²) in [6.07, 6.45) is 1.69. The van der Waals surface area contributed by atoms with Gasteiger partial charge >= 0.3 is 0 Å². The second kappa shape index (κ2) is 11.9. The van der Waals surface area contributed by atoms with Gasteiger partial charge in [0.2, 0.25) is 0 Å². The first-order valence-corrected chi connectivity index (χ1v) is 13.4. The average molecular weight is 583 g/mol. The summed E-state index contributed by atoms with van der Waals surface area (Å²) in [7, 11) is 1.56. The molecular formula is C29H28BrNO5S. The number of hydrogen-bond acceptors (Lipinski definition) is 6. The Hall–Kier alpha value is -3.23. The lowest BCUT2D eigenvalue weighted by Crippen LogP contribution is -2.32. The number of imide groups is 1. The van der Waals surface area contributed by atoms with Gasteiger partial charge in [-0.05, 0) is 95.0 Å². The van der Waals surface area contributed by atoms with E-state index in [1.165, 1.54) is 10.5 Å². The number of ether oxygens (including phenoxy) is 3. The maximum Gasteiger partial charge on any atom is 0.293 e. The molecule has 0 bridgehead atoms. The van der Waals surface area contributed by atoms with Crippen molar-refractivity contribution < 1.29 is 23.8 Å². The summed E-state index contributed by atoms with van der Waals surface area (Å²) >= 11 is 4.48. The standard InChI is InChI=1S/C29H28BrNO5S/c1-18-6-9-21(10-7-18)17-36-27-23(30)14-22(15-25(27)34-4)16-26-28(32)31(29(33)37-26)11-12-35-24-13-19(2)5-8-20(24)3/h5-10,13-16H,11-12,17H2,1-4H3/b26-16-. The molecule has 0 radical (unpaired) electrons. The number of thioether (sulfide) groups is 1. The van der Waals surface area contributed by atoms with Gasteiger partial charge in [-0.2, -0.15) is 0 Å². The molecule has 1 fully saturated rings. The minimum Gasteiger partial charge on any atom is -0.493 e. The lowest BCUT2D eigenvalue weighted by atomic mass is 10.1. The molecule has 192 valence electrons. The molecule has 1 heterocycles. The van der Waals surface area contributed by atoms with Crippen molar-refractivity contribution in [1.82, 2.24) is 4.90 Å². The van der Waals surface area contributed by atoms with E-state index in [-0.39, 0.29) is 24.3 Å². The van der Waals surface area contributed by atoms with Crippen LogP contribution in [0.5, 0.6) is 17.2 Å². The van der Waals surface area contributed by atoms with Gasteiger partial charge in [0.15, 0.2) is 11.5 Å². The third kappa shape index (κ3) is 6.56. The van der Waals surface area contributed by atoms with E-state index in [0.29, 0.717) is 33.0 Å². The lowest BCUT2D eigenvalue weighted by Gasteiger charge is -2.15. The molecule has 1 saturated heterocycles. The molecule has 0 aliphatic carbocycles. The number of rotatable bonds is 9. The molecule has 1 aliphatic heterocycles. The molecule has 8 heteroatoms. The Morgan fingerprint density at radius 3 is 2.38 bits per heavy atom. The molecule has 0 aromatic heterocycles. The van der Waals surface area contributed by atoms with Gasteiger partial charge in [-0.3, -0.25) is 14.5 Å². The number of benzene rings is 3. The second-order valence-electron chi connectivity index (χ2n) is 8.76. The molecular weight excluding hydrogens is 554 g/mol. The first-order valence-electron chi connectivity index (χ1n) is 11.8. The van der Waals surface area contributed by atoms with Crippen LogP contribution in [0.3, 0.4) is 0 Å². The van der Waals surface area contributed by atoms with Gasteiger partial charge < -0.3 is 14.2 Å². The molecule has 0 atom stereocenters. The van der Waals surface area contributed by atoms with Crippen molar-refractivity contribution in [3.05, 3.63) is 91.8 Å². The van der Waals surface area contributed by atoms with Gasteiger partial charge in [0.25, 0.3) is 11.1 Å². The fourth-order valence-electron chi connectivity index (χ4n) is 3.76. The molecule has 1 aliphatic rings. The first kappa shape index (κ1) is 26.8. The zero-order valence-corrected chi connectivity index (χ0v) is 23.6. The van der Waals surface area contributed by atoms with Gasteiger partial charge in [-0.25, -0.2) is 0 Å². The topological polar surface area (TPSA) is 65.1 Å². The van der Waals surface area contributed by atoms with Crippen molar-refractivity contribution in [2.45, 2.75) is 27.4 Å². The summed E-state index contributed by atoms with van der Waals surface area (Å²) in [4.78, 5) is 27.1. The van der Waals surface area contributed by atoms with Crippen molar-refractivity contribution in [2.75, 3.05) is 20.3 Å². The monoisotopic (exact) mass is 581 g/mol. The fourth-order valence-corrected chi connectivity index (χ4v) is 5.20. The number of hydrogen-bond donors (Lipinski definition) is 0. The number of halogens is 1. The number of nitrogens with zero attached hydrogens (tertiary/aromatic N) is 1. The summed E-state index contributed by atoms with van der Waals surface area (Å²) in [6, 6.07) is 17.7. The maximum absolute atomic E-state index is 13.0. The van der Waals surface area contributed by atoms with Crippen molar-refractivity contribution in [2.24, 2.45) is 0 Å². The number of aryl methyl sites for hydroxylation is 3. The van der Waals surface area contributed by atoms with Crippen LogP contribution in [0, 0.1) is 20.8 Å². The van der Waals surface area contributed by atoms with Crippen LogP contribution in [0.1, 0.15) is 27.8 Å². The van der Waals surface area contributed by atoms with Crippen LogP contribution in [-0.4, -0.2) is 36.3 Å². The van der Waals surface area contributed by atoms with E-state index in [2.05, 4.69) is 15.9 Å². The van der Waals surface area contributed by atoms with Crippen molar-refractivity contribution in [1.29, 1.82) is 0 Å². The van der Waals surface area contributed by atoms with Gasteiger partial charge in [0.1, 0.15) is 19.0 Å². The summed E-state index contributed by atoms with van der Waals surface area (Å²) in [6.45, 7) is 6.78. The Morgan fingerprint density at radius 1 is 0.919 bits per heavy atom. The minimum atomic E-state index is -0.339. The quantitative estimate of drug-likeness (QED) is 0.252. The summed E-state index contributed by atoms with van der Waals surface area (Å²) in [5, 5.41) is -0.315. The Bertz CT molecular complexity index is 1350. The molecule has 3 aromatic carbocycles. The Balaban J connectivity index is 1.44. The molecule has 0 N–H and O–H groups in total. The van der Waals surface area contributed by atoms with Crippen LogP contribution in [0.25, 0.3) is 6.08 Å². The van der Waals surface area contributed by atoms with E-state index in [1.807, 2.05) is 69.3 Å². The van der Waals surface area contributed by atoms with Crippen LogP contribution < -0.4 is 14.2 Å². The molecule has 0 unspecified atom stereocenters. The first-order chi connectivity index (χ1) is 17.7. The number of methoxy groups -OCH3 is 1. The highest BCUT2D eigenvalue weighted by Crippen LogP contribution is 2.39. The zero-order chi connectivity index (χ0) is 26.5. The van der Waals surface area contributed by atoms with E-state index in [0.717, 1.165) is 34.2 Å². The molecule has 3 aromatic rings. The van der Waals surface area contributed by atoms with E-state index in [1.54, 1.807) is 19.3 Å². The predicted octanol–water partition coefficient (Wildman–Crippen LogP) is 7.08. The van der Waals surface area contributed by atoms with Crippen molar-refractivity contribution in [3.8, 4) is 17.2 Å². The molecule has 2 amide bonds. The third-order valence-corrected chi connectivity index (χ3v) is 7.34. The highest BCUT2D eigenvalue weighted by molar-refractivity contribution is 9.10. The predicted molar refractivity (Wildman–Crippen MR) is 150 cm³/mol. The summed E-state index contributed by atoms with van der Waals surface area (Å²) < 4.78 is 18.1. The molecule has 0 spiro atoms. The SMILES string of the molecule is COc1cc(/C=C2\SC(=O)N(CCOc3cc(C)ccc3C)C2=O)cc(Br)c1OCc1ccc(C)cc1. The zero-order valence-electron chi connectivity index (χ0n) is 21.2. The van der Waals surface area contributed by atoms with E-state index < -0.39 is 0 Å². The van der Waals surface area contributed by atoms with Crippen LogP contribution in [0.4, 0.5) is 4.79 Å². The Kier molecular flexibility index (Phi) is 8.61. The van der Waals surface area contributed by atoms with E-state index in [9.17, 15) is 9.59 Å². The van der Waals surface area contributed by atoms with Crippen molar-refractivity contribution >= 4 is 44.9 Å². The number of amides is 2. The highest BCUT2D eigenvalue weighted by Gasteiger charge is 2.35. The lowest BCUT2D eigenvalue weighted by molar-refractivity contribution is -0.123. The number of carbonyl (C=O) groups is 2. The second-order valence-corrected chi connectivity index (χ2v) is 10.6. The van der Waals surface area contributed by atoms with E-state index >= 15 is 0 Å². The normalized spacial score (nSPS) is 14.4. The largest absolute Gasteiger partial charge is 0.493 e. The maximum atomic E-state index is 13.0. The molecule has 4 rings (SSSR count). The average Bonchev–Trinajstić information content (AvgIpc) is 3.13. The van der Waals surface area contributed by atoms with Crippen LogP contribution >= 0.6 is 27.7 Å².